The minimum absolute atomic E-state index is 0.215. The number of nitrogens with one attached hydrogen (secondary N) is 2. The third kappa shape index (κ3) is 3.97. The summed E-state index contributed by atoms with van der Waals surface area (Å²) in [5.74, 6) is 0. The minimum atomic E-state index is -3.55. The Kier molecular flexibility index (Phi) is 4.21. The first-order valence-electron chi connectivity index (χ1n) is 6.63. The van der Waals surface area contributed by atoms with Crippen molar-refractivity contribution in [2.45, 2.75) is 29.6 Å². The molecule has 1 saturated carbocycles. The van der Waals surface area contributed by atoms with Crippen molar-refractivity contribution in [3.8, 4) is 0 Å². The van der Waals surface area contributed by atoms with E-state index in [1.807, 2.05) is 12.1 Å². The van der Waals surface area contributed by atoms with Crippen LogP contribution >= 0.6 is 22.9 Å². The van der Waals surface area contributed by atoms with Crippen molar-refractivity contribution in [2.75, 3.05) is 4.72 Å². The van der Waals surface area contributed by atoms with Crippen LogP contribution in [-0.4, -0.2) is 14.5 Å². The Morgan fingerprint density at radius 1 is 1.14 bits per heavy atom. The highest BCUT2D eigenvalue weighted by Crippen LogP contribution is 2.27. The topological polar surface area (TPSA) is 58.2 Å². The summed E-state index contributed by atoms with van der Waals surface area (Å²) < 4.78 is 27.5. The molecule has 1 heterocycles. The third-order valence-corrected chi connectivity index (χ3v) is 6.30. The van der Waals surface area contributed by atoms with Gasteiger partial charge in [-0.15, -0.1) is 11.3 Å². The summed E-state index contributed by atoms with van der Waals surface area (Å²) in [5, 5.41) is 3.42. The molecule has 21 heavy (non-hydrogen) atoms. The van der Waals surface area contributed by atoms with Crippen molar-refractivity contribution in [3.63, 3.8) is 0 Å². The average molecular weight is 343 g/mol. The van der Waals surface area contributed by atoms with E-state index in [4.69, 9.17) is 11.6 Å². The molecule has 0 amide bonds. The molecule has 112 valence electrons. The third-order valence-electron chi connectivity index (χ3n) is 3.19. The van der Waals surface area contributed by atoms with E-state index in [1.54, 1.807) is 18.2 Å². The van der Waals surface area contributed by atoms with Crippen LogP contribution in [0, 0.1) is 0 Å². The van der Waals surface area contributed by atoms with Crippen molar-refractivity contribution in [1.82, 2.24) is 5.32 Å². The largest absolute Gasteiger partial charge is 0.310 e. The second kappa shape index (κ2) is 5.96. The molecule has 0 bridgehead atoms. The Labute approximate surface area is 133 Å². The van der Waals surface area contributed by atoms with Gasteiger partial charge >= 0.3 is 0 Å². The summed E-state index contributed by atoms with van der Waals surface area (Å²) in [5.41, 5.74) is 1.69. The van der Waals surface area contributed by atoms with E-state index in [0.29, 0.717) is 16.1 Å². The smallest absolute Gasteiger partial charge is 0.271 e. The molecular formula is C14H15ClN2O2S2. The molecule has 0 unspecified atom stereocenters. The van der Waals surface area contributed by atoms with Gasteiger partial charge in [-0.2, -0.15) is 0 Å². The molecular weight excluding hydrogens is 328 g/mol. The number of rotatable bonds is 6. The van der Waals surface area contributed by atoms with Crippen LogP contribution in [0.4, 0.5) is 5.69 Å². The van der Waals surface area contributed by atoms with Crippen LogP contribution in [-0.2, 0) is 16.6 Å². The van der Waals surface area contributed by atoms with Gasteiger partial charge in [0.2, 0.25) is 0 Å². The van der Waals surface area contributed by atoms with Gasteiger partial charge in [-0.25, -0.2) is 8.42 Å². The molecule has 0 aliphatic heterocycles. The number of hydrogen-bond donors (Lipinski definition) is 2. The first-order chi connectivity index (χ1) is 10.0. The van der Waals surface area contributed by atoms with E-state index in [0.717, 1.165) is 23.4 Å². The van der Waals surface area contributed by atoms with E-state index in [2.05, 4.69) is 10.0 Å². The van der Waals surface area contributed by atoms with E-state index in [1.165, 1.54) is 18.9 Å². The predicted molar refractivity (Wildman–Crippen MR) is 86.4 cm³/mol. The van der Waals surface area contributed by atoms with Gasteiger partial charge in [0.1, 0.15) is 4.21 Å². The zero-order valence-electron chi connectivity index (χ0n) is 11.2. The monoisotopic (exact) mass is 342 g/mol. The fourth-order valence-electron chi connectivity index (χ4n) is 1.89. The van der Waals surface area contributed by atoms with Crippen molar-refractivity contribution in [3.05, 3.63) is 46.3 Å². The lowest BCUT2D eigenvalue weighted by Gasteiger charge is -2.08. The second-order valence-electron chi connectivity index (χ2n) is 5.02. The number of thiophene rings is 1. The lowest BCUT2D eigenvalue weighted by molar-refractivity contribution is 0.603. The maximum Gasteiger partial charge on any atom is 0.271 e. The summed E-state index contributed by atoms with van der Waals surface area (Å²) in [7, 11) is -3.55. The zero-order valence-corrected chi connectivity index (χ0v) is 13.6. The number of anilines is 1. The molecule has 0 radical (unpaired) electrons. The highest BCUT2D eigenvalue weighted by atomic mass is 35.5. The van der Waals surface area contributed by atoms with Crippen LogP contribution in [0.5, 0.6) is 0 Å². The van der Waals surface area contributed by atoms with Crippen LogP contribution < -0.4 is 10.0 Å². The first-order valence-corrected chi connectivity index (χ1v) is 9.31. The van der Waals surface area contributed by atoms with Crippen LogP contribution in [0.15, 0.2) is 40.6 Å². The molecule has 3 rings (SSSR count). The maximum atomic E-state index is 12.2. The Morgan fingerprint density at radius 3 is 2.43 bits per heavy atom. The van der Waals surface area contributed by atoms with Gasteiger partial charge in [0.05, 0.1) is 4.34 Å². The standard InChI is InChI=1S/C14H15ClN2O2S2/c15-13-7-8-14(20-13)21(18,19)17-12-3-1-10(2-4-12)9-16-11-5-6-11/h1-4,7-8,11,16-17H,5-6,9H2. The van der Waals surface area contributed by atoms with Gasteiger partial charge in [-0.1, -0.05) is 23.7 Å². The minimum Gasteiger partial charge on any atom is -0.310 e. The number of sulfonamides is 1. The van der Waals surface area contributed by atoms with Crippen molar-refractivity contribution < 1.29 is 8.42 Å². The molecule has 2 aromatic rings. The molecule has 0 saturated heterocycles. The van der Waals surface area contributed by atoms with Gasteiger partial charge in [0, 0.05) is 18.3 Å². The van der Waals surface area contributed by atoms with Crippen LogP contribution in [0.1, 0.15) is 18.4 Å². The second-order valence-corrected chi connectivity index (χ2v) is 8.64. The van der Waals surface area contributed by atoms with Gasteiger partial charge in [-0.3, -0.25) is 4.72 Å². The van der Waals surface area contributed by atoms with Crippen LogP contribution in [0.3, 0.4) is 0 Å². The Hall–Kier alpha value is -1.08. The lowest BCUT2D eigenvalue weighted by atomic mass is 10.2. The van der Waals surface area contributed by atoms with E-state index >= 15 is 0 Å². The van der Waals surface area contributed by atoms with Gasteiger partial charge in [-0.05, 0) is 42.7 Å². The summed E-state index contributed by atoms with van der Waals surface area (Å²) in [6.07, 6.45) is 2.50. The maximum absolute atomic E-state index is 12.2. The summed E-state index contributed by atoms with van der Waals surface area (Å²) >= 11 is 6.82. The van der Waals surface area contributed by atoms with Gasteiger partial charge in [0.25, 0.3) is 10.0 Å². The van der Waals surface area contributed by atoms with E-state index in [-0.39, 0.29) is 4.21 Å². The summed E-state index contributed by atoms with van der Waals surface area (Å²) in [4.78, 5) is 0. The van der Waals surface area contributed by atoms with E-state index < -0.39 is 10.0 Å². The molecule has 1 aliphatic carbocycles. The number of halogens is 1. The predicted octanol–water partition coefficient (Wildman–Crippen LogP) is 3.45. The molecule has 1 fully saturated rings. The molecule has 1 aromatic heterocycles. The molecule has 4 nitrogen and oxygen atoms in total. The zero-order chi connectivity index (χ0) is 14.9. The summed E-state index contributed by atoms with van der Waals surface area (Å²) in [6, 6.07) is 11.1. The van der Waals surface area contributed by atoms with Crippen molar-refractivity contribution in [1.29, 1.82) is 0 Å². The molecule has 0 atom stereocenters. The highest BCUT2D eigenvalue weighted by molar-refractivity contribution is 7.94. The number of hydrogen-bond acceptors (Lipinski definition) is 4. The Bertz CT molecular complexity index is 722. The highest BCUT2D eigenvalue weighted by Gasteiger charge is 2.20. The normalized spacial score (nSPS) is 15.1. The molecule has 0 spiro atoms. The van der Waals surface area contributed by atoms with Crippen LogP contribution in [0.25, 0.3) is 0 Å². The first kappa shape index (κ1) is 14.8. The molecule has 7 heteroatoms. The summed E-state index contributed by atoms with van der Waals surface area (Å²) in [6.45, 7) is 0.818. The lowest BCUT2D eigenvalue weighted by Crippen LogP contribution is -2.15. The SMILES string of the molecule is O=S(=O)(Nc1ccc(CNC2CC2)cc1)c1ccc(Cl)s1. The molecule has 2 N–H and O–H groups in total. The number of benzene rings is 1. The molecule has 1 aromatic carbocycles. The van der Waals surface area contributed by atoms with Gasteiger partial charge < -0.3 is 5.32 Å². The van der Waals surface area contributed by atoms with Crippen molar-refractivity contribution >= 4 is 38.6 Å². The quantitative estimate of drug-likeness (QED) is 0.845. The Morgan fingerprint density at radius 2 is 1.86 bits per heavy atom. The van der Waals surface area contributed by atoms with E-state index in [9.17, 15) is 8.42 Å². The van der Waals surface area contributed by atoms with Gasteiger partial charge in [0.15, 0.2) is 0 Å². The fraction of sp³-hybridized carbons (Fsp3) is 0.286. The van der Waals surface area contributed by atoms with Crippen LogP contribution in [0.2, 0.25) is 4.34 Å². The average Bonchev–Trinajstić information content (AvgIpc) is 3.17. The molecule has 1 aliphatic rings. The van der Waals surface area contributed by atoms with Crippen molar-refractivity contribution in [2.24, 2.45) is 0 Å². The Balaban J connectivity index is 1.66. The fourth-order valence-corrected chi connectivity index (χ4v) is 4.43.